The molecule has 0 aliphatic carbocycles. The van der Waals surface area contributed by atoms with Gasteiger partial charge in [-0.2, -0.15) is 5.10 Å². The Kier molecular flexibility index (Phi) is 4.07. The Bertz CT molecular complexity index is 916. The van der Waals surface area contributed by atoms with Gasteiger partial charge in [0.15, 0.2) is 0 Å². The average molecular weight is 348 g/mol. The van der Waals surface area contributed by atoms with E-state index in [1.54, 1.807) is 17.6 Å². The minimum atomic E-state index is -0.442. The van der Waals surface area contributed by atoms with Crippen LogP contribution in [0.3, 0.4) is 0 Å². The molecule has 124 valence electrons. The molecule has 1 aliphatic heterocycles. The van der Waals surface area contributed by atoms with Crippen LogP contribution in [0.15, 0.2) is 65.1 Å². The van der Waals surface area contributed by atoms with Crippen molar-refractivity contribution in [3.8, 4) is 11.5 Å². The maximum atomic E-state index is 12.9. The number of ether oxygens (including phenoxy) is 1. The molecule has 1 aliphatic rings. The van der Waals surface area contributed by atoms with Crippen LogP contribution in [-0.2, 0) is 4.79 Å². The van der Waals surface area contributed by atoms with Crippen LogP contribution in [-0.4, -0.2) is 12.1 Å². The molecule has 25 heavy (non-hydrogen) atoms. The van der Waals surface area contributed by atoms with E-state index >= 15 is 0 Å². The molecular formula is C20H16N2O2S. The Balaban J connectivity index is 1.64. The number of hydrogen-bond donors (Lipinski definition) is 1. The summed E-state index contributed by atoms with van der Waals surface area (Å²) in [5, 5.41) is 6.14. The number of para-hydroxylation sites is 2. The second-order valence-electron chi connectivity index (χ2n) is 5.81. The highest BCUT2D eigenvalue weighted by atomic mass is 32.1. The molecule has 3 aromatic rings. The number of thiophene rings is 1. The molecule has 0 saturated carbocycles. The zero-order valence-corrected chi connectivity index (χ0v) is 14.4. The zero-order chi connectivity index (χ0) is 17.2. The molecule has 4 nitrogen and oxygen atoms in total. The molecule has 0 atom stereocenters. The van der Waals surface area contributed by atoms with Gasteiger partial charge in [-0.15, -0.1) is 11.3 Å². The molecule has 0 bridgehead atoms. The molecular weight excluding hydrogens is 332 g/mol. The summed E-state index contributed by atoms with van der Waals surface area (Å²) in [6, 6.07) is 17.3. The Morgan fingerprint density at radius 1 is 1.08 bits per heavy atom. The molecule has 1 N–H and O–H groups in total. The van der Waals surface area contributed by atoms with Crippen molar-refractivity contribution in [2.75, 3.05) is 0 Å². The molecule has 2 aromatic carbocycles. The minimum absolute atomic E-state index is 0.173. The molecule has 1 amide bonds. The van der Waals surface area contributed by atoms with Crippen molar-refractivity contribution in [1.82, 2.24) is 5.43 Å². The summed E-state index contributed by atoms with van der Waals surface area (Å²) in [6.07, 6.45) is 1.69. The first kappa shape index (κ1) is 15.6. The van der Waals surface area contributed by atoms with E-state index in [9.17, 15) is 4.79 Å². The molecule has 0 spiro atoms. The summed E-state index contributed by atoms with van der Waals surface area (Å²) in [4.78, 5) is 13.9. The molecule has 4 rings (SSSR count). The van der Waals surface area contributed by atoms with Crippen molar-refractivity contribution in [3.63, 3.8) is 0 Å². The lowest BCUT2D eigenvalue weighted by atomic mass is 9.87. The number of rotatable bonds is 3. The van der Waals surface area contributed by atoms with E-state index < -0.39 is 5.92 Å². The van der Waals surface area contributed by atoms with Crippen LogP contribution in [0.2, 0.25) is 0 Å². The van der Waals surface area contributed by atoms with Crippen LogP contribution >= 0.6 is 11.3 Å². The van der Waals surface area contributed by atoms with Crippen molar-refractivity contribution in [2.24, 2.45) is 5.10 Å². The number of hydrazone groups is 1. The Morgan fingerprint density at radius 2 is 1.72 bits per heavy atom. The molecule has 2 heterocycles. The standard InChI is InChI=1S/C20H16N2O2S/c1-13-10-11-25-18(13)12-21-22-20(23)19-14-6-2-4-8-16(14)24-17-9-5-3-7-15(17)19/h2-12,19H,1H3,(H,22,23)/b21-12+. The largest absolute Gasteiger partial charge is 0.457 e. The number of carbonyl (C=O) groups excluding carboxylic acids is 1. The number of fused-ring (bicyclic) bond motifs is 2. The van der Waals surface area contributed by atoms with Crippen LogP contribution in [0.1, 0.15) is 27.5 Å². The van der Waals surface area contributed by atoms with Gasteiger partial charge in [-0.3, -0.25) is 4.79 Å². The predicted octanol–water partition coefficient (Wildman–Crippen LogP) is 4.44. The highest BCUT2D eigenvalue weighted by Crippen LogP contribution is 2.43. The topological polar surface area (TPSA) is 50.7 Å². The van der Waals surface area contributed by atoms with Crippen molar-refractivity contribution in [2.45, 2.75) is 12.8 Å². The first-order chi connectivity index (χ1) is 12.2. The fourth-order valence-electron chi connectivity index (χ4n) is 2.93. The third kappa shape index (κ3) is 2.94. The highest BCUT2D eigenvalue weighted by molar-refractivity contribution is 7.11. The van der Waals surface area contributed by atoms with Gasteiger partial charge in [0.2, 0.25) is 0 Å². The van der Waals surface area contributed by atoms with E-state index in [1.165, 1.54) is 0 Å². The minimum Gasteiger partial charge on any atom is -0.457 e. The van der Waals surface area contributed by atoms with Crippen molar-refractivity contribution >= 4 is 23.5 Å². The smallest absolute Gasteiger partial charge is 0.252 e. The summed E-state index contributed by atoms with van der Waals surface area (Å²) >= 11 is 1.59. The quantitative estimate of drug-likeness (QED) is 0.562. The van der Waals surface area contributed by atoms with Gasteiger partial charge < -0.3 is 4.74 Å². The van der Waals surface area contributed by atoms with Crippen molar-refractivity contribution < 1.29 is 9.53 Å². The first-order valence-electron chi connectivity index (χ1n) is 7.97. The Labute approximate surface area is 149 Å². The van der Waals surface area contributed by atoms with Gasteiger partial charge in [0.25, 0.3) is 5.91 Å². The average Bonchev–Trinajstić information content (AvgIpc) is 3.04. The Morgan fingerprint density at radius 3 is 2.32 bits per heavy atom. The summed E-state index contributed by atoms with van der Waals surface area (Å²) in [7, 11) is 0. The monoisotopic (exact) mass is 348 g/mol. The number of hydrogen-bond acceptors (Lipinski definition) is 4. The van der Waals surface area contributed by atoms with E-state index in [2.05, 4.69) is 10.5 Å². The van der Waals surface area contributed by atoms with Gasteiger partial charge in [0.05, 0.1) is 12.1 Å². The molecule has 5 heteroatoms. The lowest BCUT2D eigenvalue weighted by Gasteiger charge is -2.26. The van der Waals surface area contributed by atoms with Crippen LogP contribution in [0.4, 0.5) is 0 Å². The fourth-order valence-corrected chi connectivity index (χ4v) is 3.71. The number of nitrogens with zero attached hydrogens (tertiary/aromatic N) is 1. The summed E-state index contributed by atoms with van der Waals surface area (Å²) in [5.41, 5.74) is 5.52. The van der Waals surface area contributed by atoms with Crippen LogP contribution in [0.25, 0.3) is 0 Å². The summed E-state index contributed by atoms with van der Waals surface area (Å²) in [5.74, 6) is 0.801. The van der Waals surface area contributed by atoms with Crippen LogP contribution < -0.4 is 10.2 Å². The van der Waals surface area contributed by atoms with E-state index in [0.29, 0.717) is 11.5 Å². The third-order valence-electron chi connectivity index (χ3n) is 4.20. The number of benzene rings is 2. The molecule has 0 saturated heterocycles. The lowest BCUT2D eigenvalue weighted by Crippen LogP contribution is -2.28. The molecule has 1 aromatic heterocycles. The molecule has 0 unspecified atom stereocenters. The van der Waals surface area contributed by atoms with Crippen LogP contribution in [0, 0.1) is 6.92 Å². The van der Waals surface area contributed by atoms with Gasteiger partial charge in [-0.25, -0.2) is 5.43 Å². The van der Waals surface area contributed by atoms with E-state index in [1.807, 2.05) is 66.9 Å². The number of carbonyl (C=O) groups is 1. The van der Waals surface area contributed by atoms with Gasteiger partial charge in [-0.05, 0) is 36.1 Å². The van der Waals surface area contributed by atoms with Gasteiger partial charge >= 0.3 is 0 Å². The maximum absolute atomic E-state index is 12.9. The van der Waals surface area contributed by atoms with E-state index in [-0.39, 0.29) is 5.91 Å². The normalized spacial score (nSPS) is 13.2. The van der Waals surface area contributed by atoms with Gasteiger partial charge in [-0.1, -0.05) is 36.4 Å². The van der Waals surface area contributed by atoms with E-state index in [4.69, 9.17) is 4.74 Å². The zero-order valence-electron chi connectivity index (χ0n) is 13.6. The Hall–Kier alpha value is -2.92. The third-order valence-corrected chi connectivity index (χ3v) is 5.15. The summed E-state index contributed by atoms with van der Waals surface area (Å²) < 4.78 is 5.92. The van der Waals surface area contributed by atoms with Gasteiger partial charge in [0, 0.05) is 16.0 Å². The second kappa shape index (κ2) is 6.53. The predicted molar refractivity (Wildman–Crippen MR) is 99.6 cm³/mol. The molecule has 0 radical (unpaired) electrons. The van der Waals surface area contributed by atoms with Crippen molar-refractivity contribution in [1.29, 1.82) is 0 Å². The highest BCUT2D eigenvalue weighted by Gasteiger charge is 2.32. The SMILES string of the molecule is Cc1ccsc1/C=N/NC(=O)C1c2ccccc2Oc2ccccc21. The fraction of sp³-hybridized carbons (Fsp3) is 0.100. The first-order valence-corrected chi connectivity index (χ1v) is 8.85. The van der Waals surface area contributed by atoms with Crippen molar-refractivity contribution in [3.05, 3.63) is 81.5 Å². The van der Waals surface area contributed by atoms with E-state index in [0.717, 1.165) is 21.6 Å². The second-order valence-corrected chi connectivity index (χ2v) is 6.76. The maximum Gasteiger partial charge on any atom is 0.252 e. The summed E-state index contributed by atoms with van der Waals surface area (Å²) in [6.45, 7) is 2.02. The van der Waals surface area contributed by atoms with Crippen LogP contribution in [0.5, 0.6) is 11.5 Å². The van der Waals surface area contributed by atoms with Gasteiger partial charge in [0.1, 0.15) is 11.5 Å². The lowest BCUT2D eigenvalue weighted by molar-refractivity contribution is -0.121. The number of nitrogens with one attached hydrogen (secondary N) is 1. The molecule has 0 fully saturated rings. The number of aryl methyl sites for hydroxylation is 1. The number of amides is 1.